The van der Waals surface area contributed by atoms with Gasteiger partial charge in [-0.15, -0.1) is 0 Å². The number of carbonyl (C=O) groups is 1. The van der Waals surface area contributed by atoms with E-state index in [4.69, 9.17) is 4.74 Å². The first-order chi connectivity index (χ1) is 9.41. The molecule has 0 heterocycles. The van der Waals surface area contributed by atoms with Gasteiger partial charge in [-0.1, -0.05) is 18.2 Å². The maximum absolute atomic E-state index is 14.0. The molecule has 20 heavy (non-hydrogen) atoms. The van der Waals surface area contributed by atoms with Crippen LogP contribution in [0.4, 0.5) is 4.39 Å². The van der Waals surface area contributed by atoms with Gasteiger partial charge < -0.3 is 4.74 Å². The minimum atomic E-state index is -0.378. The van der Waals surface area contributed by atoms with E-state index in [0.29, 0.717) is 16.9 Å². The molecule has 2 nitrogen and oxygen atoms in total. The van der Waals surface area contributed by atoms with Gasteiger partial charge >= 0.3 is 0 Å². The zero-order valence-corrected chi connectivity index (χ0v) is 12.1. The van der Waals surface area contributed by atoms with Crippen LogP contribution in [0.25, 0.3) is 0 Å². The average molecular weight is 272 g/mol. The molecular weight excluding hydrogens is 255 g/mol. The Morgan fingerprint density at radius 1 is 1.00 bits per heavy atom. The molecule has 2 aromatic rings. The predicted molar refractivity (Wildman–Crippen MR) is 77.1 cm³/mol. The van der Waals surface area contributed by atoms with Gasteiger partial charge in [0, 0.05) is 11.1 Å². The lowest BCUT2D eigenvalue weighted by atomic mass is 9.99. The Morgan fingerprint density at radius 3 is 2.35 bits per heavy atom. The molecule has 0 fully saturated rings. The highest BCUT2D eigenvalue weighted by Gasteiger charge is 2.14. The van der Waals surface area contributed by atoms with Gasteiger partial charge in [-0.05, 0) is 51.0 Å². The third-order valence-corrected chi connectivity index (χ3v) is 3.35. The van der Waals surface area contributed by atoms with Crippen molar-refractivity contribution in [3.63, 3.8) is 0 Å². The van der Waals surface area contributed by atoms with E-state index in [1.54, 1.807) is 31.2 Å². The maximum Gasteiger partial charge on any atom is 0.168 e. The lowest BCUT2D eigenvalue weighted by molar-refractivity contribution is 0.101. The second-order valence-corrected chi connectivity index (χ2v) is 4.93. The van der Waals surface area contributed by atoms with Crippen molar-refractivity contribution < 1.29 is 13.9 Å². The van der Waals surface area contributed by atoms with Crippen LogP contribution in [-0.4, -0.2) is 5.78 Å². The Hall–Kier alpha value is -2.16. The highest BCUT2D eigenvalue weighted by atomic mass is 19.1. The Labute approximate surface area is 118 Å². The normalized spacial score (nSPS) is 10.4. The van der Waals surface area contributed by atoms with Crippen molar-refractivity contribution in [3.8, 4) is 11.5 Å². The van der Waals surface area contributed by atoms with Crippen molar-refractivity contribution in [2.24, 2.45) is 0 Å². The molecule has 0 N–H and O–H groups in total. The highest BCUT2D eigenvalue weighted by Crippen LogP contribution is 2.31. The number of rotatable bonds is 3. The second-order valence-electron chi connectivity index (χ2n) is 4.93. The fourth-order valence-corrected chi connectivity index (χ4v) is 2.30. The minimum absolute atomic E-state index is 0.0184. The molecule has 0 aliphatic carbocycles. The van der Waals surface area contributed by atoms with Crippen molar-refractivity contribution in [2.75, 3.05) is 0 Å². The SMILES string of the molecule is CC(=O)c1c(C)ccc(Oc2cccc(C)c2F)c1C. The summed E-state index contributed by atoms with van der Waals surface area (Å²) in [5.74, 6) is 0.281. The van der Waals surface area contributed by atoms with E-state index >= 15 is 0 Å². The van der Waals surface area contributed by atoms with Crippen LogP contribution in [0.15, 0.2) is 30.3 Å². The van der Waals surface area contributed by atoms with Crippen molar-refractivity contribution >= 4 is 5.78 Å². The zero-order chi connectivity index (χ0) is 14.9. The zero-order valence-electron chi connectivity index (χ0n) is 12.1. The van der Waals surface area contributed by atoms with Crippen LogP contribution in [-0.2, 0) is 0 Å². The fourth-order valence-electron chi connectivity index (χ4n) is 2.30. The number of hydrogen-bond donors (Lipinski definition) is 0. The standard InChI is InChI=1S/C17H17FO2/c1-10-8-9-14(12(3)16(10)13(4)19)20-15-7-5-6-11(2)17(15)18/h5-9H,1-4H3. The summed E-state index contributed by atoms with van der Waals surface area (Å²) >= 11 is 0. The van der Waals surface area contributed by atoms with Crippen LogP contribution < -0.4 is 4.74 Å². The van der Waals surface area contributed by atoms with Crippen molar-refractivity contribution in [3.05, 3.63) is 58.4 Å². The number of halogens is 1. The van der Waals surface area contributed by atoms with Gasteiger partial charge in [0.05, 0.1) is 0 Å². The Morgan fingerprint density at radius 2 is 1.70 bits per heavy atom. The summed E-state index contributed by atoms with van der Waals surface area (Å²) in [4.78, 5) is 11.7. The van der Waals surface area contributed by atoms with Crippen LogP contribution in [0, 0.1) is 26.6 Å². The predicted octanol–water partition coefficient (Wildman–Crippen LogP) is 4.75. The molecule has 2 rings (SSSR count). The van der Waals surface area contributed by atoms with Gasteiger partial charge in [0.1, 0.15) is 5.75 Å². The number of hydrogen-bond acceptors (Lipinski definition) is 2. The molecule has 0 atom stereocenters. The third-order valence-electron chi connectivity index (χ3n) is 3.35. The summed E-state index contributed by atoms with van der Waals surface area (Å²) in [5, 5.41) is 0. The summed E-state index contributed by atoms with van der Waals surface area (Å²) in [7, 11) is 0. The molecule has 104 valence electrons. The van der Waals surface area contributed by atoms with Gasteiger partial charge in [-0.3, -0.25) is 4.79 Å². The summed E-state index contributed by atoms with van der Waals surface area (Å²) in [6.07, 6.45) is 0. The van der Waals surface area contributed by atoms with Gasteiger partial charge in [0.15, 0.2) is 17.3 Å². The molecule has 0 aliphatic rings. The quantitative estimate of drug-likeness (QED) is 0.754. The number of benzene rings is 2. The molecule has 0 aliphatic heterocycles. The molecular formula is C17H17FO2. The minimum Gasteiger partial charge on any atom is -0.454 e. The highest BCUT2D eigenvalue weighted by molar-refractivity contribution is 5.97. The van der Waals surface area contributed by atoms with Crippen molar-refractivity contribution in [2.45, 2.75) is 27.7 Å². The molecule has 0 aromatic heterocycles. The van der Waals surface area contributed by atoms with Crippen LogP contribution >= 0.6 is 0 Å². The van der Waals surface area contributed by atoms with Crippen LogP contribution in [0.5, 0.6) is 11.5 Å². The van der Waals surface area contributed by atoms with Crippen molar-refractivity contribution in [1.82, 2.24) is 0 Å². The summed E-state index contributed by atoms with van der Waals surface area (Å²) < 4.78 is 19.6. The molecule has 0 unspecified atom stereocenters. The van der Waals surface area contributed by atoms with Gasteiger partial charge in [0.2, 0.25) is 0 Å². The van der Waals surface area contributed by atoms with Gasteiger partial charge in [0.25, 0.3) is 0 Å². The van der Waals surface area contributed by atoms with E-state index in [-0.39, 0.29) is 17.3 Å². The molecule has 0 radical (unpaired) electrons. The fraction of sp³-hybridized carbons (Fsp3) is 0.235. The molecule has 2 aromatic carbocycles. The summed E-state index contributed by atoms with van der Waals surface area (Å²) in [6, 6.07) is 8.58. The van der Waals surface area contributed by atoms with E-state index in [2.05, 4.69) is 0 Å². The average Bonchev–Trinajstić information content (AvgIpc) is 2.37. The first-order valence-corrected chi connectivity index (χ1v) is 6.46. The largest absolute Gasteiger partial charge is 0.454 e. The molecule has 0 bridgehead atoms. The molecule has 0 saturated carbocycles. The van der Waals surface area contributed by atoms with E-state index < -0.39 is 0 Å². The Balaban J connectivity index is 2.47. The first-order valence-electron chi connectivity index (χ1n) is 6.46. The van der Waals surface area contributed by atoms with Crippen LogP contribution in [0.1, 0.15) is 34.0 Å². The summed E-state index contributed by atoms with van der Waals surface area (Å²) in [6.45, 7) is 6.89. The monoisotopic (exact) mass is 272 g/mol. The molecule has 0 spiro atoms. The Bertz CT molecular complexity index is 675. The smallest absolute Gasteiger partial charge is 0.168 e. The molecule has 0 saturated heterocycles. The summed E-state index contributed by atoms with van der Waals surface area (Å²) in [5.41, 5.74) is 2.79. The maximum atomic E-state index is 14.0. The third kappa shape index (κ3) is 2.57. The van der Waals surface area contributed by atoms with E-state index in [1.807, 2.05) is 19.9 Å². The van der Waals surface area contributed by atoms with Gasteiger partial charge in [-0.25, -0.2) is 4.39 Å². The van der Waals surface area contributed by atoms with E-state index in [9.17, 15) is 9.18 Å². The number of carbonyl (C=O) groups excluding carboxylic acids is 1. The number of ketones is 1. The molecule has 0 amide bonds. The first kappa shape index (κ1) is 14.3. The van der Waals surface area contributed by atoms with Crippen LogP contribution in [0.3, 0.4) is 0 Å². The Kier molecular flexibility index (Phi) is 3.89. The van der Waals surface area contributed by atoms with Crippen molar-refractivity contribution in [1.29, 1.82) is 0 Å². The number of ether oxygens (including phenoxy) is 1. The lowest BCUT2D eigenvalue weighted by Gasteiger charge is -2.14. The molecule has 3 heteroatoms. The lowest BCUT2D eigenvalue weighted by Crippen LogP contribution is -2.02. The number of aryl methyl sites for hydroxylation is 2. The number of Topliss-reactive ketones (excluding diaryl/α,β-unsaturated/α-hetero) is 1. The van der Waals surface area contributed by atoms with E-state index in [1.165, 1.54) is 6.92 Å². The van der Waals surface area contributed by atoms with E-state index in [0.717, 1.165) is 11.1 Å². The topological polar surface area (TPSA) is 26.3 Å². The van der Waals surface area contributed by atoms with Gasteiger partial charge in [-0.2, -0.15) is 0 Å². The van der Waals surface area contributed by atoms with Crippen LogP contribution in [0.2, 0.25) is 0 Å². The second kappa shape index (κ2) is 5.45.